The number of carbonyl (C=O) groups is 2. The molecule has 1 aromatic rings. The molecule has 0 aromatic heterocycles. The van der Waals surface area contributed by atoms with Crippen LogP contribution in [-0.4, -0.2) is 42.2 Å². The molecule has 1 aliphatic heterocycles. The Bertz CT molecular complexity index is 696. The van der Waals surface area contributed by atoms with E-state index < -0.39 is 0 Å². The number of benzene rings is 1. The van der Waals surface area contributed by atoms with Crippen molar-refractivity contribution >= 4 is 29.1 Å². The maximum atomic E-state index is 13.0. The Hall–Kier alpha value is -1.59. The van der Waals surface area contributed by atoms with Gasteiger partial charge in [-0.3, -0.25) is 14.5 Å². The molecule has 2 amide bonds. The molecule has 0 saturated carbocycles. The van der Waals surface area contributed by atoms with Crippen molar-refractivity contribution in [1.29, 1.82) is 0 Å². The lowest BCUT2D eigenvalue weighted by Crippen LogP contribution is -2.33. The molecule has 2 rings (SSSR count). The van der Waals surface area contributed by atoms with Crippen molar-refractivity contribution in [3.8, 4) is 0 Å². The molecule has 26 heavy (non-hydrogen) atoms. The van der Waals surface area contributed by atoms with E-state index in [0.717, 1.165) is 41.9 Å². The van der Waals surface area contributed by atoms with Crippen molar-refractivity contribution in [2.24, 2.45) is 0 Å². The van der Waals surface area contributed by atoms with Gasteiger partial charge in [0.1, 0.15) is 0 Å². The van der Waals surface area contributed by atoms with Gasteiger partial charge in [-0.05, 0) is 43.6 Å². The van der Waals surface area contributed by atoms with Crippen molar-refractivity contribution < 1.29 is 14.3 Å². The lowest BCUT2D eigenvalue weighted by atomic mass is 9.99. The van der Waals surface area contributed by atoms with Gasteiger partial charge in [0.15, 0.2) is 0 Å². The lowest BCUT2D eigenvalue weighted by Gasteiger charge is -2.15. The summed E-state index contributed by atoms with van der Waals surface area (Å²) in [7, 11) is 0. The number of imide groups is 1. The van der Waals surface area contributed by atoms with E-state index >= 15 is 0 Å². The number of ether oxygens (including phenoxy) is 1. The van der Waals surface area contributed by atoms with Crippen LogP contribution in [0.25, 0.3) is 5.57 Å². The van der Waals surface area contributed by atoms with Crippen LogP contribution in [0, 0.1) is 13.8 Å². The second-order valence-electron chi connectivity index (χ2n) is 6.54. The SMILES string of the molecule is CCCCOCCCN1C(=O)C(SCC)=C(c2ccc(C)cc2C)C1=O. The number of rotatable bonds is 10. The first-order valence-electron chi connectivity index (χ1n) is 9.39. The second kappa shape index (κ2) is 9.93. The van der Waals surface area contributed by atoms with Gasteiger partial charge in [-0.2, -0.15) is 0 Å². The van der Waals surface area contributed by atoms with E-state index in [4.69, 9.17) is 4.74 Å². The first-order chi connectivity index (χ1) is 12.5. The van der Waals surface area contributed by atoms with Crippen LogP contribution in [0.5, 0.6) is 0 Å². The zero-order valence-corrected chi connectivity index (χ0v) is 17.1. The van der Waals surface area contributed by atoms with Gasteiger partial charge in [0.25, 0.3) is 11.8 Å². The van der Waals surface area contributed by atoms with Crippen molar-refractivity contribution in [3.05, 3.63) is 39.8 Å². The van der Waals surface area contributed by atoms with Crippen LogP contribution < -0.4 is 0 Å². The summed E-state index contributed by atoms with van der Waals surface area (Å²) >= 11 is 1.46. The first kappa shape index (κ1) is 20.7. The predicted octanol–water partition coefficient (Wildman–Crippen LogP) is 4.34. The quantitative estimate of drug-likeness (QED) is 0.451. The van der Waals surface area contributed by atoms with Gasteiger partial charge in [0, 0.05) is 19.8 Å². The molecule has 1 aliphatic rings. The fourth-order valence-electron chi connectivity index (χ4n) is 3.04. The van der Waals surface area contributed by atoms with Crippen molar-refractivity contribution in [3.63, 3.8) is 0 Å². The molecule has 0 aliphatic carbocycles. The van der Waals surface area contributed by atoms with Crippen LogP contribution in [0.2, 0.25) is 0 Å². The largest absolute Gasteiger partial charge is 0.381 e. The summed E-state index contributed by atoms with van der Waals surface area (Å²) in [5.41, 5.74) is 3.60. The number of aryl methyl sites for hydroxylation is 2. The Morgan fingerprint density at radius 1 is 1.04 bits per heavy atom. The standard InChI is InChI=1S/C21H29NO3S/c1-5-7-12-25-13-8-11-22-20(23)18(19(21(22)24)26-6-2)17-10-9-15(3)14-16(17)4/h9-10,14H,5-8,11-13H2,1-4H3. The van der Waals surface area contributed by atoms with Crippen LogP contribution in [0.1, 0.15) is 49.8 Å². The number of unbranched alkanes of at least 4 members (excludes halogenated alkanes) is 1. The minimum Gasteiger partial charge on any atom is -0.381 e. The summed E-state index contributed by atoms with van der Waals surface area (Å²) in [6, 6.07) is 6.00. The number of hydrogen-bond acceptors (Lipinski definition) is 4. The molecule has 4 nitrogen and oxygen atoms in total. The monoisotopic (exact) mass is 375 g/mol. The van der Waals surface area contributed by atoms with Crippen LogP contribution in [0.4, 0.5) is 0 Å². The number of hydrogen-bond donors (Lipinski definition) is 0. The highest BCUT2D eigenvalue weighted by atomic mass is 32.2. The minimum absolute atomic E-state index is 0.162. The van der Waals surface area contributed by atoms with E-state index in [0.29, 0.717) is 30.1 Å². The van der Waals surface area contributed by atoms with Gasteiger partial charge < -0.3 is 4.74 Å². The molecule has 0 fully saturated rings. The Labute approximate surface area is 161 Å². The summed E-state index contributed by atoms with van der Waals surface area (Å²) < 4.78 is 5.55. The van der Waals surface area contributed by atoms with Gasteiger partial charge in [0.2, 0.25) is 0 Å². The highest BCUT2D eigenvalue weighted by Gasteiger charge is 2.38. The van der Waals surface area contributed by atoms with E-state index in [9.17, 15) is 9.59 Å². The molecule has 0 radical (unpaired) electrons. The number of carbonyl (C=O) groups excluding carboxylic acids is 2. The van der Waals surface area contributed by atoms with Gasteiger partial charge >= 0.3 is 0 Å². The van der Waals surface area contributed by atoms with Crippen molar-refractivity contribution in [2.45, 2.75) is 47.0 Å². The smallest absolute Gasteiger partial charge is 0.267 e. The third-order valence-electron chi connectivity index (χ3n) is 4.38. The first-order valence-corrected chi connectivity index (χ1v) is 10.4. The van der Waals surface area contributed by atoms with Crippen molar-refractivity contribution in [2.75, 3.05) is 25.5 Å². The van der Waals surface area contributed by atoms with Gasteiger partial charge in [-0.25, -0.2) is 0 Å². The summed E-state index contributed by atoms with van der Waals surface area (Å²) in [6.07, 6.45) is 2.81. The number of nitrogens with zero attached hydrogens (tertiary/aromatic N) is 1. The molecule has 0 unspecified atom stereocenters. The summed E-state index contributed by atoms with van der Waals surface area (Å²) in [6.45, 7) is 9.86. The molecule has 1 heterocycles. The van der Waals surface area contributed by atoms with E-state index in [1.807, 2.05) is 32.9 Å². The topological polar surface area (TPSA) is 46.6 Å². The molecule has 5 heteroatoms. The normalized spacial score (nSPS) is 14.7. The summed E-state index contributed by atoms with van der Waals surface area (Å²) in [5, 5.41) is 0. The molecule has 0 bridgehead atoms. The summed E-state index contributed by atoms with van der Waals surface area (Å²) in [4.78, 5) is 27.8. The van der Waals surface area contributed by atoms with Gasteiger partial charge in [-0.15, -0.1) is 11.8 Å². The molecule has 1 aromatic carbocycles. The van der Waals surface area contributed by atoms with Crippen LogP contribution in [0.15, 0.2) is 23.1 Å². The fourth-order valence-corrected chi connectivity index (χ4v) is 3.90. The molecule has 0 N–H and O–H groups in total. The van der Waals surface area contributed by atoms with Gasteiger partial charge in [-0.1, -0.05) is 44.0 Å². The summed E-state index contributed by atoms with van der Waals surface area (Å²) in [5.74, 6) is 0.424. The van der Waals surface area contributed by atoms with E-state index in [1.54, 1.807) is 0 Å². The third kappa shape index (κ3) is 4.77. The molecule has 0 saturated heterocycles. The Kier molecular flexibility index (Phi) is 7.91. The van der Waals surface area contributed by atoms with Crippen LogP contribution >= 0.6 is 11.8 Å². The molecular weight excluding hydrogens is 346 g/mol. The molecular formula is C21H29NO3S. The average molecular weight is 376 g/mol. The van der Waals surface area contributed by atoms with E-state index in [1.165, 1.54) is 16.7 Å². The Balaban J connectivity index is 2.15. The lowest BCUT2D eigenvalue weighted by molar-refractivity contribution is -0.136. The number of amides is 2. The predicted molar refractivity (Wildman–Crippen MR) is 108 cm³/mol. The zero-order valence-electron chi connectivity index (χ0n) is 16.3. The molecule has 0 atom stereocenters. The maximum Gasteiger partial charge on any atom is 0.267 e. The van der Waals surface area contributed by atoms with E-state index in [2.05, 4.69) is 13.0 Å². The molecule has 142 valence electrons. The highest BCUT2D eigenvalue weighted by Crippen LogP contribution is 2.37. The molecule has 0 spiro atoms. The second-order valence-corrected chi connectivity index (χ2v) is 7.81. The average Bonchev–Trinajstić information content (AvgIpc) is 2.83. The van der Waals surface area contributed by atoms with Crippen molar-refractivity contribution in [1.82, 2.24) is 4.90 Å². The fraction of sp³-hybridized carbons (Fsp3) is 0.524. The Morgan fingerprint density at radius 3 is 2.42 bits per heavy atom. The number of thioether (sulfide) groups is 1. The minimum atomic E-state index is -0.175. The van der Waals surface area contributed by atoms with E-state index in [-0.39, 0.29) is 11.8 Å². The van der Waals surface area contributed by atoms with Gasteiger partial charge in [0.05, 0.1) is 10.5 Å². The Morgan fingerprint density at radius 2 is 1.77 bits per heavy atom. The zero-order chi connectivity index (χ0) is 19.1. The van der Waals surface area contributed by atoms with Crippen LogP contribution in [0.3, 0.4) is 0 Å². The third-order valence-corrected chi connectivity index (χ3v) is 5.33. The maximum absolute atomic E-state index is 13.0. The highest BCUT2D eigenvalue weighted by molar-refractivity contribution is 8.04. The van der Waals surface area contributed by atoms with Crippen LogP contribution in [-0.2, 0) is 14.3 Å².